The Hall–Kier alpha value is -1.50. The maximum Gasteiger partial charge on any atom is 0.227 e. The van der Waals surface area contributed by atoms with Crippen molar-refractivity contribution in [3.63, 3.8) is 0 Å². The third-order valence-corrected chi connectivity index (χ3v) is 5.04. The van der Waals surface area contributed by atoms with Crippen LogP contribution in [-0.4, -0.2) is 48.4 Å². The first kappa shape index (κ1) is 16.4. The topological polar surface area (TPSA) is 23.6 Å². The predicted molar refractivity (Wildman–Crippen MR) is 93.3 cm³/mol. The Balaban J connectivity index is 1.64. The van der Waals surface area contributed by atoms with Gasteiger partial charge in [0, 0.05) is 24.2 Å². The highest BCUT2D eigenvalue weighted by Gasteiger charge is 2.37. The van der Waals surface area contributed by atoms with Gasteiger partial charge in [-0.2, -0.15) is 0 Å². The van der Waals surface area contributed by atoms with Crippen LogP contribution >= 0.6 is 11.6 Å². The lowest BCUT2D eigenvalue weighted by Crippen LogP contribution is -2.37. The molecule has 2 aliphatic heterocycles. The van der Waals surface area contributed by atoms with Crippen molar-refractivity contribution < 1.29 is 4.79 Å². The summed E-state index contributed by atoms with van der Waals surface area (Å²) in [5.41, 5.74) is 0.901. The summed E-state index contributed by atoms with van der Waals surface area (Å²) in [6.45, 7) is 3.15. The minimum atomic E-state index is 0.0104. The van der Waals surface area contributed by atoms with Gasteiger partial charge in [-0.25, -0.2) is 0 Å². The van der Waals surface area contributed by atoms with E-state index in [2.05, 4.69) is 16.7 Å². The van der Waals surface area contributed by atoms with Crippen LogP contribution in [0.4, 0.5) is 0 Å². The van der Waals surface area contributed by atoms with Crippen LogP contribution < -0.4 is 0 Å². The van der Waals surface area contributed by atoms with E-state index in [1.807, 2.05) is 36.2 Å². The van der Waals surface area contributed by atoms with Crippen molar-refractivity contribution >= 4 is 17.5 Å². The molecule has 0 N–H and O–H groups in total. The third-order valence-electron chi connectivity index (χ3n) is 4.81. The van der Waals surface area contributed by atoms with Gasteiger partial charge in [-0.05, 0) is 50.6 Å². The van der Waals surface area contributed by atoms with Crippen LogP contribution in [0, 0.1) is 17.8 Å². The first-order valence-corrected chi connectivity index (χ1v) is 8.77. The summed E-state index contributed by atoms with van der Waals surface area (Å²) in [6.07, 6.45) is 4.67. The van der Waals surface area contributed by atoms with Crippen molar-refractivity contribution in [3.8, 4) is 11.8 Å². The Morgan fingerprint density at radius 3 is 2.78 bits per heavy atom. The van der Waals surface area contributed by atoms with Gasteiger partial charge in [-0.1, -0.05) is 35.9 Å². The predicted octanol–water partition coefficient (Wildman–Crippen LogP) is 3.02. The second kappa shape index (κ2) is 7.38. The fourth-order valence-corrected chi connectivity index (χ4v) is 3.66. The molecular weight excluding hydrogens is 308 g/mol. The number of piperidine rings is 1. The van der Waals surface area contributed by atoms with Crippen LogP contribution in [0.2, 0.25) is 5.02 Å². The Labute approximate surface area is 143 Å². The number of rotatable bonds is 2. The molecule has 0 bridgehead atoms. The Morgan fingerprint density at radius 2 is 2.04 bits per heavy atom. The molecule has 2 saturated heterocycles. The quantitative estimate of drug-likeness (QED) is 0.778. The maximum atomic E-state index is 12.5. The molecule has 0 saturated carbocycles. The van der Waals surface area contributed by atoms with Gasteiger partial charge in [-0.15, -0.1) is 0 Å². The molecule has 1 aromatic rings. The van der Waals surface area contributed by atoms with Crippen LogP contribution in [-0.2, 0) is 4.79 Å². The molecule has 23 heavy (non-hydrogen) atoms. The fourth-order valence-electron chi connectivity index (χ4n) is 3.46. The monoisotopic (exact) mass is 330 g/mol. The molecule has 4 heteroatoms. The molecule has 122 valence electrons. The molecular formula is C19H23ClN2O. The second-order valence-corrected chi connectivity index (χ2v) is 6.97. The zero-order valence-electron chi connectivity index (χ0n) is 13.6. The number of hydrogen-bond acceptors (Lipinski definition) is 2. The molecule has 3 rings (SSSR count). The number of carbonyl (C=O) groups is 1. The number of hydrogen-bond donors (Lipinski definition) is 0. The normalized spacial score (nSPS) is 25.3. The molecule has 2 heterocycles. The summed E-state index contributed by atoms with van der Waals surface area (Å²) < 4.78 is 0. The molecule has 2 aliphatic rings. The molecule has 0 aromatic heterocycles. The third kappa shape index (κ3) is 4.07. The molecule has 0 radical (unpaired) electrons. The lowest BCUT2D eigenvalue weighted by Gasteiger charge is -2.28. The van der Waals surface area contributed by atoms with Gasteiger partial charge in [0.05, 0.1) is 12.0 Å². The minimum Gasteiger partial charge on any atom is -0.332 e. The van der Waals surface area contributed by atoms with Gasteiger partial charge in [0.15, 0.2) is 0 Å². The van der Waals surface area contributed by atoms with Crippen LogP contribution in [0.25, 0.3) is 0 Å². The summed E-state index contributed by atoms with van der Waals surface area (Å²) in [5, 5.41) is 0.690. The molecule has 2 unspecified atom stereocenters. The first-order chi connectivity index (χ1) is 11.1. The van der Waals surface area contributed by atoms with Gasteiger partial charge in [0.25, 0.3) is 0 Å². The SMILES string of the molecule is CN1C(=O)C(CN2CCCCC2)CC1C#Cc1cccc(Cl)c1. The zero-order valence-corrected chi connectivity index (χ0v) is 14.4. The minimum absolute atomic E-state index is 0.0104. The van der Waals surface area contributed by atoms with Crippen molar-refractivity contribution in [1.82, 2.24) is 9.80 Å². The van der Waals surface area contributed by atoms with E-state index >= 15 is 0 Å². The zero-order chi connectivity index (χ0) is 16.2. The number of halogens is 1. The summed E-state index contributed by atoms with van der Waals surface area (Å²) in [7, 11) is 1.87. The van der Waals surface area contributed by atoms with E-state index in [1.165, 1.54) is 19.3 Å². The van der Waals surface area contributed by atoms with E-state index < -0.39 is 0 Å². The summed E-state index contributed by atoms with van der Waals surface area (Å²) in [6, 6.07) is 7.55. The lowest BCUT2D eigenvalue weighted by atomic mass is 10.0. The average molecular weight is 331 g/mol. The maximum absolute atomic E-state index is 12.5. The van der Waals surface area contributed by atoms with Gasteiger partial charge >= 0.3 is 0 Å². The summed E-state index contributed by atoms with van der Waals surface area (Å²) in [4.78, 5) is 16.7. The van der Waals surface area contributed by atoms with Crippen LogP contribution in [0.15, 0.2) is 24.3 Å². The van der Waals surface area contributed by atoms with E-state index in [1.54, 1.807) is 0 Å². The summed E-state index contributed by atoms with van der Waals surface area (Å²) >= 11 is 5.99. The molecule has 1 aromatic carbocycles. The second-order valence-electron chi connectivity index (χ2n) is 6.54. The number of amides is 1. The van der Waals surface area contributed by atoms with E-state index in [0.717, 1.165) is 31.6 Å². The summed E-state index contributed by atoms with van der Waals surface area (Å²) in [5.74, 6) is 6.74. The highest BCUT2D eigenvalue weighted by Crippen LogP contribution is 2.25. The smallest absolute Gasteiger partial charge is 0.227 e. The largest absolute Gasteiger partial charge is 0.332 e. The lowest BCUT2D eigenvalue weighted by molar-refractivity contribution is -0.130. The van der Waals surface area contributed by atoms with Crippen molar-refractivity contribution in [2.45, 2.75) is 31.7 Å². The van der Waals surface area contributed by atoms with Crippen molar-refractivity contribution in [2.75, 3.05) is 26.7 Å². The van der Waals surface area contributed by atoms with E-state index in [4.69, 9.17) is 11.6 Å². The highest BCUT2D eigenvalue weighted by atomic mass is 35.5. The molecule has 2 atom stereocenters. The van der Waals surface area contributed by atoms with Crippen molar-refractivity contribution in [1.29, 1.82) is 0 Å². The number of likely N-dealkylation sites (tertiary alicyclic amines) is 2. The molecule has 2 fully saturated rings. The number of benzene rings is 1. The average Bonchev–Trinajstić information content (AvgIpc) is 2.82. The van der Waals surface area contributed by atoms with Crippen LogP contribution in [0.5, 0.6) is 0 Å². The standard InChI is InChI=1S/C19H23ClN2O/c1-21-18(9-8-15-6-5-7-17(20)12-15)13-16(19(21)23)14-22-10-3-2-4-11-22/h5-7,12,16,18H,2-4,10-11,13-14H2,1H3. The van der Waals surface area contributed by atoms with Crippen molar-refractivity contribution in [2.24, 2.45) is 5.92 Å². The van der Waals surface area contributed by atoms with Gasteiger partial charge in [0.1, 0.15) is 0 Å². The number of nitrogens with zero attached hydrogens (tertiary/aromatic N) is 2. The van der Waals surface area contributed by atoms with E-state index in [-0.39, 0.29) is 17.9 Å². The molecule has 0 aliphatic carbocycles. The molecule has 1 amide bonds. The van der Waals surface area contributed by atoms with Gasteiger partial charge in [0.2, 0.25) is 5.91 Å². The Kier molecular flexibility index (Phi) is 5.25. The number of carbonyl (C=O) groups excluding carboxylic acids is 1. The van der Waals surface area contributed by atoms with Crippen molar-refractivity contribution in [3.05, 3.63) is 34.9 Å². The van der Waals surface area contributed by atoms with Crippen LogP contribution in [0.3, 0.4) is 0 Å². The van der Waals surface area contributed by atoms with Gasteiger partial charge < -0.3 is 9.80 Å². The first-order valence-electron chi connectivity index (χ1n) is 8.39. The highest BCUT2D eigenvalue weighted by molar-refractivity contribution is 6.30. The fraction of sp³-hybridized carbons (Fsp3) is 0.526. The van der Waals surface area contributed by atoms with E-state index in [9.17, 15) is 4.79 Å². The molecule has 0 spiro atoms. The van der Waals surface area contributed by atoms with E-state index in [0.29, 0.717) is 5.02 Å². The van der Waals surface area contributed by atoms with Crippen LogP contribution in [0.1, 0.15) is 31.2 Å². The van der Waals surface area contributed by atoms with Gasteiger partial charge in [-0.3, -0.25) is 4.79 Å². The Bertz CT molecular complexity index is 628. The Morgan fingerprint density at radius 1 is 1.26 bits per heavy atom. The molecule has 3 nitrogen and oxygen atoms in total.